The van der Waals surface area contributed by atoms with Crippen molar-refractivity contribution in [3.63, 3.8) is 0 Å². The van der Waals surface area contributed by atoms with Crippen molar-refractivity contribution in [2.45, 2.75) is 17.9 Å². The molecule has 0 heterocycles. The molecule has 1 atom stereocenters. The van der Waals surface area contributed by atoms with Gasteiger partial charge < -0.3 is 14.6 Å². The molecule has 0 saturated heterocycles. The van der Waals surface area contributed by atoms with Gasteiger partial charge in [0, 0.05) is 11.6 Å². The van der Waals surface area contributed by atoms with E-state index in [1.807, 2.05) is 13.0 Å². The van der Waals surface area contributed by atoms with Crippen molar-refractivity contribution < 1.29 is 23.0 Å². The molecule has 3 rings (SSSR count). The molecule has 2 N–H and O–H groups in total. The fourth-order valence-corrected chi connectivity index (χ4v) is 4.02. The van der Waals surface area contributed by atoms with Gasteiger partial charge >= 0.3 is 0 Å². The average molecular weight is 413 g/mol. The van der Waals surface area contributed by atoms with Gasteiger partial charge in [0.25, 0.3) is 10.0 Å². The summed E-state index contributed by atoms with van der Waals surface area (Å²) < 4.78 is 39.0. The van der Waals surface area contributed by atoms with E-state index in [0.29, 0.717) is 22.6 Å². The Morgan fingerprint density at radius 3 is 2.07 bits per heavy atom. The van der Waals surface area contributed by atoms with E-state index in [4.69, 9.17) is 9.47 Å². The number of aryl methyl sites for hydroxylation is 1. The van der Waals surface area contributed by atoms with Gasteiger partial charge in [-0.15, -0.1) is 0 Å². The highest BCUT2D eigenvalue weighted by Crippen LogP contribution is 2.39. The number of aliphatic hydroxyl groups is 1. The maximum absolute atomic E-state index is 12.9. The summed E-state index contributed by atoms with van der Waals surface area (Å²) >= 11 is 0. The topological polar surface area (TPSA) is 84.9 Å². The largest absolute Gasteiger partial charge is 0.493 e. The quantitative estimate of drug-likeness (QED) is 0.614. The van der Waals surface area contributed by atoms with Gasteiger partial charge in [-0.3, -0.25) is 4.72 Å². The van der Waals surface area contributed by atoms with E-state index >= 15 is 0 Å². The summed E-state index contributed by atoms with van der Waals surface area (Å²) in [5, 5.41) is 10.9. The van der Waals surface area contributed by atoms with E-state index in [9.17, 15) is 13.5 Å². The zero-order valence-electron chi connectivity index (χ0n) is 16.4. The van der Waals surface area contributed by atoms with Crippen molar-refractivity contribution in [3.8, 4) is 11.5 Å². The molecule has 0 aliphatic rings. The molecule has 29 heavy (non-hydrogen) atoms. The summed E-state index contributed by atoms with van der Waals surface area (Å²) in [5.41, 5.74) is 2.13. The van der Waals surface area contributed by atoms with Gasteiger partial charge in [-0.2, -0.15) is 0 Å². The summed E-state index contributed by atoms with van der Waals surface area (Å²) in [4.78, 5) is 0.123. The second-order valence-electron chi connectivity index (χ2n) is 6.53. The number of ether oxygens (including phenoxy) is 2. The Labute approximate surface area is 170 Å². The third-order valence-corrected chi connectivity index (χ3v) is 5.92. The first-order valence-electron chi connectivity index (χ1n) is 8.94. The van der Waals surface area contributed by atoms with E-state index in [2.05, 4.69) is 4.72 Å². The predicted octanol–water partition coefficient (Wildman–Crippen LogP) is 3.89. The summed E-state index contributed by atoms with van der Waals surface area (Å²) in [6, 6.07) is 18.6. The van der Waals surface area contributed by atoms with Crippen LogP contribution in [0.15, 0.2) is 71.6 Å². The summed E-state index contributed by atoms with van der Waals surface area (Å²) in [6.07, 6.45) is -1.06. The van der Waals surface area contributed by atoms with Crippen LogP contribution in [0.4, 0.5) is 5.69 Å². The van der Waals surface area contributed by atoms with E-state index < -0.39 is 16.1 Å². The smallest absolute Gasteiger partial charge is 0.261 e. The molecule has 0 fully saturated rings. The monoisotopic (exact) mass is 413 g/mol. The van der Waals surface area contributed by atoms with E-state index in [-0.39, 0.29) is 10.6 Å². The Hall–Kier alpha value is -3.03. The normalized spacial score (nSPS) is 12.3. The molecule has 0 amide bonds. The van der Waals surface area contributed by atoms with Crippen LogP contribution in [0.2, 0.25) is 0 Å². The number of methoxy groups -OCH3 is 2. The molecule has 0 aromatic heterocycles. The Bertz CT molecular complexity index is 1080. The van der Waals surface area contributed by atoms with Crippen LogP contribution in [0.1, 0.15) is 22.8 Å². The standard InChI is InChI=1S/C22H23NO5S/c1-15-9-11-17(12-10-15)29(25,26)23-19-14-21(28-3)20(27-2)13-18(19)22(24)16-7-5-4-6-8-16/h4-14,22-24H,1-3H3/t22-/m1/s1. The second kappa shape index (κ2) is 8.55. The Morgan fingerprint density at radius 1 is 0.897 bits per heavy atom. The van der Waals surface area contributed by atoms with Crippen LogP contribution in [0.5, 0.6) is 11.5 Å². The average Bonchev–Trinajstić information content (AvgIpc) is 2.73. The number of hydrogen-bond acceptors (Lipinski definition) is 5. The lowest BCUT2D eigenvalue weighted by atomic mass is 9.99. The van der Waals surface area contributed by atoms with Crippen LogP contribution >= 0.6 is 0 Å². The van der Waals surface area contributed by atoms with Gasteiger partial charge in [0.1, 0.15) is 6.10 Å². The molecule has 0 unspecified atom stereocenters. The number of rotatable bonds is 7. The number of aliphatic hydroxyl groups excluding tert-OH is 1. The predicted molar refractivity (Wildman–Crippen MR) is 112 cm³/mol. The van der Waals surface area contributed by atoms with E-state index in [1.54, 1.807) is 42.5 Å². The Morgan fingerprint density at radius 2 is 1.48 bits per heavy atom. The molecule has 6 nitrogen and oxygen atoms in total. The zero-order chi connectivity index (χ0) is 21.0. The number of nitrogens with one attached hydrogen (secondary N) is 1. The fraction of sp³-hybridized carbons (Fsp3) is 0.182. The maximum atomic E-state index is 12.9. The highest BCUT2D eigenvalue weighted by Gasteiger charge is 2.23. The number of benzene rings is 3. The van der Waals surface area contributed by atoms with Crippen molar-refractivity contribution in [2.24, 2.45) is 0 Å². The van der Waals surface area contributed by atoms with Crippen molar-refractivity contribution in [2.75, 3.05) is 18.9 Å². The minimum absolute atomic E-state index is 0.123. The number of hydrogen-bond donors (Lipinski definition) is 2. The van der Waals surface area contributed by atoms with Gasteiger partial charge in [-0.05, 0) is 30.7 Å². The maximum Gasteiger partial charge on any atom is 0.261 e. The molecule has 3 aromatic rings. The van der Waals surface area contributed by atoms with Crippen LogP contribution in [-0.4, -0.2) is 27.7 Å². The molecule has 0 radical (unpaired) electrons. The fourth-order valence-electron chi connectivity index (χ4n) is 2.95. The summed E-state index contributed by atoms with van der Waals surface area (Å²) in [5.74, 6) is 0.730. The molecule has 152 valence electrons. The minimum Gasteiger partial charge on any atom is -0.493 e. The van der Waals surface area contributed by atoms with Crippen LogP contribution in [-0.2, 0) is 10.0 Å². The Balaban J connectivity index is 2.09. The van der Waals surface area contributed by atoms with Gasteiger partial charge in [-0.25, -0.2) is 8.42 Å². The van der Waals surface area contributed by atoms with Crippen molar-refractivity contribution in [1.82, 2.24) is 0 Å². The molecule has 0 spiro atoms. The lowest BCUT2D eigenvalue weighted by molar-refractivity contribution is 0.220. The van der Waals surface area contributed by atoms with Crippen molar-refractivity contribution >= 4 is 15.7 Å². The number of sulfonamides is 1. The highest BCUT2D eigenvalue weighted by molar-refractivity contribution is 7.92. The number of anilines is 1. The molecule has 7 heteroatoms. The highest BCUT2D eigenvalue weighted by atomic mass is 32.2. The van der Waals surface area contributed by atoms with Crippen LogP contribution in [0.25, 0.3) is 0 Å². The lowest BCUT2D eigenvalue weighted by Gasteiger charge is -2.20. The first-order valence-corrected chi connectivity index (χ1v) is 10.4. The van der Waals surface area contributed by atoms with Gasteiger partial charge in [0.05, 0.1) is 24.8 Å². The van der Waals surface area contributed by atoms with E-state index in [0.717, 1.165) is 5.56 Å². The SMILES string of the molecule is COc1cc(NS(=O)(=O)c2ccc(C)cc2)c([C@H](O)c2ccccc2)cc1OC. The Kier molecular flexibility index (Phi) is 6.10. The summed E-state index contributed by atoms with van der Waals surface area (Å²) in [6.45, 7) is 1.88. The summed E-state index contributed by atoms with van der Waals surface area (Å²) in [7, 11) is -0.930. The lowest BCUT2D eigenvalue weighted by Crippen LogP contribution is -2.16. The minimum atomic E-state index is -3.87. The first kappa shape index (κ1) is 20.7. The first-order chi connectivity index (χ1) is 13.9. The van der Waals surface area contributed by atoms with Crippen LogP contribution in [0.3, 0.4) is 0 Å². The second-order valence-corrected chi connectivity index (χ2v) is 8.21. The van der Waals surface area contributed by atoms with Crippen molar-refractivity contribution in [1.29, 1.82) is 0 Å². The van der Waals surface area contributed by atoms with Crippen molar-refractivity contribution in [3.05, 3.63) is 83.4 Å². The third-order valence-electron chi connectivity index (χ3n) is 4.54. The molecule has 0 bridgehead atoms. The van der Waals surface area contributed by atoms with Gasteiger partial charge in [-0.1, -0.05) is 48.0 Å². The van der Waals surface area contributed by atoms with Crippen LogP contribution in [0, 0.1) is 6.92 Å². The third kappa shape index (κ3) is 4.52. The molecule has 3 aromatic carbocycles. The zero-order valence-corrected chi connectivity index (χ0v) is 17.2. The van der Waals surface area contributed by atoms with Gasteiger partial charge in [0.15, 0.2) is 11.5 Å². The molecule has 0 aliphatic carbocycles. The molecule has 0 saturated carbocycles. The molecular weight excluding hydrogens is 390 g/mol. The van der Waals surface area contributed by atoms with Crippen LogP contribution < -0.4 is 14.2 Å². The van der Waals surface area contributed by atoms with Gasteiger partial charge in [0.2, 0.25) is 0 Å². The molecular formula is C22H23NO5S. The molecule has 0 aliphatic heterocycles. The van der Waals surface area contributed by atoms with E-state index in [1.165, 1.54) is 32.4 Å².